The molecule has 2 N–H and O–H groups in total. The summed E-state index contributed by atoms with van der Waals surface area (Å²) < 4.78 is 33.4. The summed E-state index contributed by atoms with van der Waals surface area (Å²) in [6, 6.07) is 5.76. The highest BCUT2D eigenvalue weighted by Crippen LogP contribution is 2.27. The van der Waals surface area contributed by atoms with Gasteiger partial charge in [0.05, 0.1) is 25.7 Å². The van der Waals surface area contributed by atoms with E-state index in [4.69, 9.17) is 9.47 Å². The molecule has 8 nitrogen and oxygen atoms in total. The van der Waals surface area contributed by atoms with Gasteiger partial charge in [0.2, 0.25) is 0 Å². The van der Waals surface area contributed by atoms with Gasteiger partial charge >= 0.3 is 0 Å². The topological polar surface area (TPSA) is 92.3 Å². The van der Waals surface area contributed by atoms with Gasteiger partial charge in [-0.1, -0.05) is 6.07 Å². The van der Waals surface area contributed by atoms with Gasteiger partial charge in [0.25, 0.3) is 0 Å². The average molecular weight is 385 g/mol. The Morgan fingerprint density at radius 2 is 1.85 bits per heavy atom. The van der Waals surface area contributed by atoms with Crippen LogP contribution >= 0.6 is 0 Å². The number of aliphatic imine (C=N–C) groups is 1. The summed E-state index contributed by atoms with van der Waals surface area (Å²) in [5, 5.41) is 6.50. The molecule has 1 fully saturated rings. The Hall–Kier alpha value is -2.00. The van der Waals surface area contributed by atoms with Crippen molar-refractivity contribution in [3.63, 3.8) is 0 Å². The molecular formula is C17H28N4O4S. The molecule has 2 rings (SSSR count). The highest BCUT2D eigenvalue weighted by Gasteiger charge is 2.20. The molecule has 1 heterocycles. The number of ether oxygens (including phenoxy) is 2. The lowest BCUT2D eigenvalue weighted by Crippen LogP contribution is -2.45. The number of guanidine groups is 1. The highest BCUT2D eigenvalue weighted by atomic mass is 32.2. The second-order valence-electron chi connectivity index (χ2n) is 6.04. The van der Waals surface area contributed by atoms with Gasteiger partial charge in [0.15, 0.2) is 27.3 Å². The van der Waals surface area contributed by atoms with E-state index in [1.54, 1.807) is 21.3 Å². The van der Waals surface area contributed by atoms with Crippen LogP contribution in [0.5, 0.6) is 11.5 Å². The number of methoxy groups -OCH3 is 2. The molecule has 0 radical (unpaired) electrons. The summed E-state index contributed by atoms with van der Waals surface area (Å²) in [6.07, 6.45) is 0. The van der Waals surface area contributed by atoms with E-state index in [9.17, 15) is 8.42 Å². The predicted octanol–water partition coefficient (Wildman–Crippen LogP) is 0.0992. The Kier molecular flexibility index (Phi) is 7.52. The van der Waals surface area contributed by atoms with Crippen LogP contribution in [0.1, 0.15) is 5.56 Å². The second-order valence-corrected chi connectivity index (χ2v) is 8.34. The third kappa shape index (κ3) is 6.06. The number of sulfone groups is 1. The molecule has 1 aromatic carbocycles. The zero-order valence-corrected chi connectivity index (χ0v) is 16.4. The van der Waals surface area contributed by atoms with Gasteiger partial charge in [-0.15, -0.1) is 0 Å². The number of hydrogen-bond acceptors (Lipinski definition) is 6. The van der Waals surface area contributed by atoms with Crippen LogP contribution in [0.3, 0.4) is 0 Å². The molecule has 9 heteroatoms. The summed E-state index contributed by atoms with van der Waals surface area (Å²) in [5.41, 5.74) is 1.05. The van der Waals surface area contributed by atoms with Crippen molar-refractivity contribution in [1.29, 1.82) is 0 Å². The standard InChI is InChI=1S/C17H28N4O4S/c1-18-17(19-6-7-21-8-10-26(22,23)11-9-21)20-13-14-4-5-15(24-2)16(12-14)25-3/h4-5,12H,6-11,13H2,1-3H3,(H2,18,19,20). The van der Waals surface area contributed by atoms with E-state index >= 15 is 0 Å². The molecule has 0 aromatic heterocycles. The van der Waals surface area contributed by atoms with Crippen molar-refractivity contribution in [2.75, 3.05) is 59.0 Å². The second kappa shape index (κ2) is 9.63. The smallest absolute Gasteiger partial charge is 0.191 e. The fourth-order valence-electron chi connectivity index (χ4n) is 2.70. The lowest BCUT2D eigenvalue weighted by atomic mass is 10.2. The Balaban J connectivity index is 1.76. The molecule has 0 atom stereocenters. The van der Waals surface area contributed by atoms with E-state index < -0.39 is 9.84 Å². The fourth-order valence-corrected chi connectivity index (χ4v) is 3.98. The van der Waals surface area contributed by atoms with Gasteiger partial charge in [0, 0.05) is 39.8 Å². The van der Waals surface area contributed by atoms with Gasteiger partial charge < -0.3 is 20.1 Å². The molecule has 0 spiro atoms. The first kappa shape index (κ1) is 20.3. The van der Waals surface area contributed by atoms with E-state index in [1.165, 1.54) is 0 Å². The minimum Gasteiger partial charge on any atom is -0.493 e. The first-order chi connectivity index (χ1) is 12.5. The zero-order valence-electron chi connectivity index (χ0n) is 15.6. The van der Waals surface area contributed by atoms with Crippen LogP contribution in [-0.2, 0) is 16.4 Å². The fraction of sp³-hybridized carbons (Fsp3) is 0.588. The molecule has 0 unspecified atom stereocenters. The third-order valence-corrected chi connectivity index (χ3v) is 5.90. The molecule has 0 amide bonds. The van der Waals surface area contributed by atoms with Crippen LogP contribution in [0.25, 0.3) is 0 Å². The van der Waals surface area contributed by atoms with Crippen molar-refractivity contribution >= 4 is 15.8 Å². The van der Waals surface area contributed by atoms with E-state index in [-0.39, 0.29) is 11.5 Å². The highest BCUT2D eigenvalue weighted by molar-refractivity contribution is 7.91. The van der Waals surface area contributed by atoms with Crippen molar-refractivity contribution < 1.29 is 17.9 Å². The van der Waals surface area contributed by atoms with E-state index in [2.05, 4.69) is 20.5 Å². The number of nitrogens with one attached hydrogen (secondary N) is 2. The Bertz CT molecular complexity index is 707. The molecule has 1 saturated heterocycles. The summed E-state index contributed by atoms with van der Waals surface area (Å²) in [6.45, 7) is 3.28. The van der Waals surface area contributed by atoms with Crippen LogP contribution in [0.2, 0.25) is 0 Å². The molecule has 146 valence electrons. The maximum Gasteiger partial charge on any atom is 0.191 e. The molecule has 0 aliphatic carbocycles. The van der Waals surface area contributed by atoms with Gasteiger partial charge in [-0.3, -0.25) is 9.89 Å². The van der Waals surface area contributed by atoms with Gasteiger partial charge in [-0.2, -0.15) is 0 Å². The van der Waals surface area contributed by atoms with Crippen LogP contribution in [0, 0.1) is 0 Å². The van der Waals surface area contributed by atoms with E-state index in [1.807, 2.05) is 18.2 Å². The number of hydrogen-bond donors (Lipinski definition) is 2. The lowest BCUT2D eigenvalue weighted by molar-refractivity contribution is 0.299. The Morgan fingerprint density at radius 1 is 1.15 bits per heavy atom. The SMILES string of the molecule is CN=C(NCCN1CCS(=O)(=O)CC1)NCc1ccc(OC)c(OC)c1. The summed E-state index contributed by atoms with van der Waals surface area (Å²) >= 11 is 0. The maximum absolute atomic E-state index is 11.4. The van der Waals surface area contributed by atoms with E-state index in [0.29, 0.717) is 43.6 Å². The van der Waals surface area contributed by atoms with Gasteiger partial charge in [-0.25, -0.2) is 8.42 Å². The molecule has 26 heavy (non-hydrogen) atoms. The van der Waals surface area contributed by atoms with Crippen LogP contribution < -0.4 is 20.1 Å². The molecule has 1 aromatic rings. The zero-order chi connectivity index (χ0) is 19.0. The first-order valence-electron chi connectivity index (χ1n) is 8.55. The largest absolute Gasteiger partial charge is 0.493 e. The minimum absolute atomic E-state index is 0.249. The van der Waals surface area contributed by atoms with Gasteiger partial charge in [0.1, 0.15) is 0 Å². The van der Waals surface area contributed by atoms with Crippen LogP contribution in [-0.4, -0.2) is 78.2 Å². The van der Waals surface area contributed by atoms with Crippen molar-refractivity contribution in [2.24, 2.45) is 4.99 Å². The molecule has 1 aliphatic heterocycles. The number of rotatable bonds is 7. The van der Waals surface area contributed by atoms with E-state index in [0.717, 1.165) is 12.1 Å². The van der Waals surface area contributed by atoms with Crippen molar-refractivity contribution in [2.45, 2.75) is 6.54 Å². The lowest BCUT2D eigenvalue weighted by Gasteiger charge is -2.26. The number of benzene rings is 1. The maximum atomic E-state index is 11.4. The quantitative estimate of drug-likeness (QED) is 0.509. The number of nitrogens with zero attached hydrogens (tertiary/aromatic N) is 2. The normalized spacial score (nSPS) is 17.6. The van der Waals surface area contributed by atoms with Crippen molar-refractivity contribution in [1.82, 2.24) is 15.5 Å². The summed E-state index contributed by atoms with van der Waals surface area (Å²) in [5.74, 6) is 2.58. The van der Waals surface area contributed by atoms with Gasteiger partial charge in [-0.05, 0) is 17.7 Å². The molecule has 1 aliphatic rings. The summed E-state index contributed by atoms with van der Waals surface area (Å²) in [4.78, 5) is 6.36. The Morgan fingerprint density at radius 3 is 2.46 bits per heavy atom. The van der Waals surface area contributed by atoms with Crippen LogP contribution in [0.15, 0.2) is 23.2 Å². The first-order valence-corrected chi connectivity index (χ1v) is 10.4. The van der Waals surface area contributed by atoms with Crippen molar-refractivity contribution in [3.05, 3.63) is 23.8 Å². The molecular weight excluding hydrogens is 356 g/mol. The molecule has 0 bridgehead atoms. The van der Waals surface area contributed by atoms with Crippen molar-refractivity contribution in [3.8, 4) is 11.5 Å². The summed E-state index contributed by atoms with van der Waals surface area (Å²) in [7, 11) is 2.11. The minimum atomic E-state index is -2.83. The predicted molar refractivity (Wildman–Crippen MR) is 103 cm³/mol. The van der Waals surface area contributed by atoms with Crippen LogP contribution in [0.4, 0.5) is 0 Å². The Labute approximate surface area is 155 Å². The third-order valence-electron chi connectivity index (χ3n) is 4.29. The average Bonchev–Trinajstić information content (AvgIpc) is 2.65. The molecule has 0 saturated carbocycles. The monoisotopic (exact) mass is 384 g/mol.